The molecule has 2 aliphatic heterocycles. The van der Waals surface area contributed by atoms with Crippen molar-refractivity contribution >= 4 is 38.0 Å². The van der Waals surface area contributed by atoms with Crippen molar-refractivity contribution in [3.63, 3.8) is 0 Å². The van der Waals surface area contributed by atoms with Crippen LogP contribution in [0.15, 0.2) is 58.3 Å². The van der Waals surface area contributed by atoms with Crippen LogP contribution in [0.5, 0.6) is 0 Å². The highest BCUT2D eigenvalue weighted by Gasteiger charge is 2.31. The van der Waals surface area contributed by atoms with Crippen molar-refractivity contribution in [2.75, 3.05) is 50.6 Å². The number of fused-ring (bicyclic) bond motifs is 1. The van der Waals surface area contributed by atoms with Crippen LogP contribution >= 0.6 is 0 Å². The minimum atomic E-state index is -4.29. The molecule has 0 bridgehead atoms. The molecule has 1 aromatic heterocycles. The number of halogens is 2. The number of primary amides is 1. The molecule has 0 aliphatic carbocycles. The zero-order chi connectivity index (χ0) is 31.2. The summed E-state index contributed by atoms with van der Waals surface area (Å²) in [6, 6.07) is 10.3. The van der Waals surface area contributed by atoms with E-state index in [0.717, 1.165) is 50.2 Å². The Bertz CT molecular complexity index is 1820. The van der Waals surface area contributed by atoms with Crippen molar-refractivity contribution in [3.8, 4) is 11.3 Å². The number of rotatable bonds is 8. The summed E-state index contributed by atoms with van der Waals surface area (Å²) in [5.74, 6) is -2.61. The van der Waals surface area contributed by atoms with E-state index in [1.54, 1.807) is 12.1 Å². The lowest BCUT2D eigenvalue weighted by molar-refractivity contribution is 0.0904. The second kappa shape index (κ2) is 11.8. The van der Waals surface area contributed by atoms with Gasteiger partial charge in [-0.1, -0.05) is 0 Å². The number of sulfone groups is 1. The lowest BCUT2D eigenvalue weighted by Gasteiger charge is -2.32. The molecule has 10 nitrogen and oxygen atoms in total. The highest BCUT2D eigenvalue weighted by atomic mass is 32.2. The van der Waals surface area contributed by atoms with Gasteiger partial charge in [-0.15, -0.1) is 0 Å². The van der Waals surface area contributed by atoms with Gasteiger partial charge in [-0.3, -0.25) is 9.89 Å². The molecular weight excluding hydrogens is 590 g/mol. The molecule has 3 heterocycles. The largest absolute Gasteiger partial charge is 0.381 e. The Kier molecular flexibility index (Phi) is 8.03. The molecule has 4 N–H and O–H groups in total. The third-order valence-electron chi connectivity index (χ3n) is 8.54. The maximum atomic E-state index is 14.0. The molecule has 2 fully saturated rings. The lowest BCUT2D eigenvalue weighted by atomic mass is 9.96. The van der Waals surface area contributed by atoms with Gasteiger partial charge in [-0.25, -0.2) is 17.2 Å². The number of nitrogens with zero attached hydrogens (tertiary/aromatic N) is 3. The lowest BCUT2D eigenvalue weighted by Crippen LogP contribution is -2.35. The minimum absolute atomic E-state index is 0.00258. The van der Waals surface area contributed by atoms with Crippen LogP contribution in [0, 0.1) is 11.6 Å². The number of carbonyl (C=O) groups is 1. The number of aromatic amines is 1. The van der Waals surface area contributed by atoms with E-state index in [1.807, 2.05) is 13.1 Å². The molecule has 0 radical (unpaired) electrons. The minimum Gasteiger partial charge on any atom is -0.381 e. The molecule has 6 rings (SSSR count). The number of nitrogens with two attached hydrogens (primary N) is 1. The average Bonchev–Trinajstić information content (AvgIpc) is 3.62. The quantitative estimate of drug-likeness (QED) is 0.266. The summed E-state index contributed by atoms with van der Waals surface area (Å²) in [4.78, 5) is 16.5. The first-order chi connectivity index (χ1) is 21.0. The molecule has 1 amide bonds. The topological polar surface area (TPSA) is 134 Å². The van der Waals surface area contributed by atoms with Gasteiger partial charge < -0.3 is 25.6 Å². The van der Waals surface area contributed by atoms with E-state index in [-0.39, 0.29) is 22.5 Å². The Morgan fingerprint density at radius 3 is 2.45 bits per heavy atom. The highest BCUT2D eigenvalue weighted by molar-refractivity contribution is 7.91. The summed E-state index contributed by atoms with van der Waals surface area (Å²) in [5.41, 5.74) is 9.03. The van der Waals surface area contributed by atoms with Crippen molar-refractivity contribution in [1.82, 2.24) is 15.1 Å². The fraction of sp³-hybridized carbons (Fsp3) is 0.355. The SMILES string of the molecule is CN1CCC(N(C)c2ccc(C(N)=O)c(NC3CCOCC3)c2-c2n[nH]c3ccc(S(=O)(=O)c4cc(F)cc(F)c4)cc23)C1. The number of ether oxygens (including phenoxy) is 1. The van der Waals surface area contributed by atoms with E-state index in [0.29, 0.717) is 47.1 Å². The highest BCUT2D eigenvalue weighted by Crippen LogP contribution is 2.43. The fourth-order valence-electron chi connectivity index (χ4n) is 6.12. The van der Waals surface area contributed by atoms with E-state index in [1.165, 1.54) is 12.1 Å². The number of likely N-dealkylation sites (tertiary alicyclic amines) is 1. The Morgan fingerprint density at radius 2 is 1.80 bits per heavy atom. The van der Waals surface area contributed by atoms with E-state index >= 15 is 0 Å². The first kappa shape index (κ1) is 30.0. The molecule has 232 valence electrons. The Morgan fingerprint density at radius 1 is 1.07 bits per heavy atom. The first-order valence-corrected chi connectivity index (χ1v) is 15.9. The molecular formula is C31H34F2N6O4S. The summed E-state index contributed by atoms with van der Waals surface area (Å²) in [6.45, 7) is 2.91. The van der Waals surface area contributed by atoms with Crippen molar-refractivity contribution < 1.29 is 26.7 Å². The summed E-state index contributed by atoms with van der Waals surface area (Å²) < 4.78 is 60.6. The van der Waals surface area contributed by atoms with E-state index in [2.05, 4.69) is 32.4 Å². The standard InChI is InChI=1S/C31H34F2N6O4S/c1-38-10-7-21(17-38)39(2)27-6-4-24(31(34)40)29(35-20-8-11-43-12-9-20)28(27)30-25-16-22(3-5-26(25)36-37-30)44(41,42)23-14-18(32)13-19(33)15-23/h3-6,13-16,20-21,35H,7-12,17H2,1-2H3,(H2,34,40)(H,36,37). The number of nitrogens with one attached hydrogen (secondary N) is 2. The number of hydrogen-bond acceptors (Lipinski definition) is 8. The fourth-order valence-corrected chi connectivity index (χ4v) is 7.45. The predicted molar refractivity (Wildman–Crippen MR) is 164 cm³/mol. The summed E-state index contributed by atoms with van der Waals surface area (Å²) in [6.07, 6.45) is 2.37. The normalized spacial score (nSPS) is 18.1. The first-order valence-electron chi connectivity index (χ1n) is 14.4. The third-order valence-corrected chi connectivity index (χ3v) is 10.3. The van der Waals surface area contributed by atoms with Crippen LogP contribution in [0.3, 0.4) is 0 Å². The summed E-state index contributed by atoms with van der Waals surface area (Å²) in [7, 11) is -0.233. The van der Waals surface area contributed by atoms with Gasteiger partial charge >= 0.3 is 0 Å². The molecule has 0 spiro atoms. The van der Waals surface area contributed by atoms with Crippen LogP contribution in [0.1, 0.15) is 29.6 Å². The monoisotopic (exact) mass is 624 g/mol. The van der Waals surface area contributed by atoms with Gasteiger partial charge in [0.15, 0.2) is 0 Å². The Labute approximate surface area is 254 Å². The Balaban J connectivity index is 1.56. The second-order valence-electron chi connectivity index (χ2n) is 11.5. The van der Waals surface area contributed by atoms with Crippen LogP contribution in [0.4, 0.5) is 20.2 Å². The zero-order valence-corrected chi connectivity index (χ0v) is 25.3. The summed E-state index contributed by atoms with van der Waals surface area (Å²) in [5, 5.41) is 11.6. The van der Waals surface area contributed by atoms with Gasteiger partial charge in [-0.2, -0.15) is 5.10 Å². The van der Waals surface area contributed by atoms with Gasteiger partial charge in [0.2, 0.25) is 9.84 Å². The number of hydrogen-bond donors (Lipinski definition) is 3. The Hall–Kier alpha value is -4.07. The van der Waals surface area contributed by atoms with Crippen LogP contribution in [-0.2, 0) is 14.6 Å². The van der Waals surface area contributed by atoms with Crippen LogP contribution < -0.4 is 16.0 Å². The number of aromatic nitrogens is 2. The number of amides is 1. The van der Waals surface area contributed by atoms with Crippen molar-refractivity contribution in [3.05, 3.63) is 65.7 Å². The molecule has 3 aromatic carbocycles. The number of anilines is 2. The second-order valence-corrected chi connectivity index (χ2v) is 13.4. The molecule has 2 aliphatic rings. The van der Waals surface area contributed by atoms with Crippen molar-refractivity contribution in [2.24, 2.45) is 5.73 Å². The van der Waals surface area contributed by atoms with Crippen molar-refractivity contribution in [1.29, 1.82) is 0 Å². The third kappa shape index (κ3) is 5.62. The van der Waals surface area contributed by atoms with Gasteiger partial charge in [0, 0.05) is 56.0 Å². The maximum Gasteiger partial charge on any atom is 0.250 e. The number of benzene rings is 3. The maximum absolute atomic E-state index is 14.0. The van der Waals surface area contributed by atoms with Crippen LogP contribution in [0.25, 0.3) is 22.2 Å². The number of likely N-dealkylation sites (N-methyl/N-ethyl adjacent to an activating group) is 2. The van der Waals surface area contributed by atoms with E-state index in [9.17, 15) is 22.0 Å². The van der Waals surface area contributed by atoms with Crippen molar-refractivity contribution in [2.45, 2.75) is 41.1 Å². The molecule has 4 aromatic rings. The molecule has 1 atom stereocenters. The van der Waals surface area contributed by atoms with Gasteiger partial charge in [-0.05, 0) is 75.3 Å². The molecule has 13 heteroatoms. The molecule has 44 heavy (non-hydrogen) atoms. The smallest absolute Gasteiger partial charge is 0.250 e. The summed E-state index contributed by atoms with van der Waals surface area (Å²) >= 11 is 0. The number of H-pyrrole nitrogens is 1. The zero-order valence-electron chi connectivity index (χ0n) is 24.4. The van der Waals surface area contributed by atoms with Crippen LogP contribution in [-0.4, -0.2) is 81.9 Å². The van der Waals surface area contributed by atoms with Gasteiger partial charge in [0.25, 0.3) is 5.91 Å². The van der Waals surface area contributed by atoms with Gasteiger partial charge in [0.1, 0.15) is 17.3 Å². The predicted octanol–water partition coefficient (Wildman–Crippen LogP) is 4.17. The van der Waals surface area contributed by atoms with Crippen LogP contribution in [0.2, 0.25) is 0 Å². The van der Waals surface area contributed by atoms with Gasteiger partial charge in [0.05, 0.1) is 32.1 Å². The molecule has 1 unspecified atom stereocenters. The van der Waals surface area contributed by atoms with E-state index < -0.39 is 32.3 Å². The molecule has 2 saturated heterocycles. The number of carbonyl (C=O) groups excluding carboxylic acids is 1. The molecule has 0 saturated carbocycles. The van der Waals surface area contributed by atoms with E-state index in [4.69, 9.17) is 10.5 Å². The average molecular weight is 625 g/mol.